The fourth-order valence-corrected chi connectivity index (χ4v) is 3.20. The predicted molar refractivity (Wildman–Crippen MR) is 103 cm³/mol. The van der Waals surface area contributed by atoms with Crippen LogP contribution in [0.1, 0.15) is 5.56 Å². The fourth-order valence-electron chi connectivity index (χ4n) is 2.05. The number of carbonyl (C=O) groups excluding carboxylic acids is 2. The van der Waals surface area contributed by atoms with Crippen molar-refractivity contribution in [3.8, 4) is 0 Å². The Kier molecular flexibility index (Phi) is 7.34. The van der Waals surface area contributed by atoms with Crippen molar-refractivity contribution in [2.75, 3.05) is 23.9 Å². The summed E-state index contributed by atoms with van der Waals surface area (Å²) < 4.78 is 0.908. The number of thioether (sulfide) groups is 1. The largest absolute Gasteiger partial charge is 0.341 e. The monoisotopic (exact) mass is 406 g/mol. The number of hydrogen-bond acceptors (Lipinski definition) is 3. The molecule has 126 valence electrons. The van der Waals surface area contributed by atoms with Crippen LogP contribution in [0, 0.1) is 0 Å². The molecule has 2 aromatic rings. The number of benzene rings is 2. The first kappa shape index (κ1) is 18.5. The second-order valence-electron chi connectivity index (χ2n) is 5.29. The lowest BCUT2D eigenvalue weighted by Crippen LogP contribution is -2.28. The van der Waals surface area contributed by atoms with Gasteiger partial charge in [0, 0.05) is 23.8 Å². The van der Waals surface area contributed by atoms with Crippen LogP contribution in [0.4, 0.5) is 5.69 Å². The highest BCUT2D eigenvalue weighted by Gasteiger charge is 2.11. The maximum absolute atomic E-state index is 12.1. The number of rotatable bonds is 7. The van der Waals surface area contributed by atoms with E-state index in [9.17, 15) is 9.59 Å². The second-order valence-corrected chi connectivity index (χ2v) is 7.19. The van der Waals surface area contributed by atoms with Crippen molar-refractivity contribution in [1.82, 2.24) is 4.90 Å². The Morgan fingerprint density at radius 2 is 1.83 bits per heavy atom. The lowest BCUT2D eigenvalue weighted by molar-refractivity contribution is -0.127. The van der Waals surface area contributed by atoms with Crippen molar-refractivity contribution < 1.29 is 9.59 Å². The summed E-state index contributed by atoms with van der Waals surface area (Å²) in [5.74, 6) is 0.433. The minimum atomic E-state index is -0.114. The third-order valence-corrected chi connectivity index (χ3v) is 4.67. The summed E-state index contributed by atoms with van der Waals surface area (Å²) in [7, 11) is 1.78. The SMILES string of the molecule is CN(Cc1ccccc1)C(=O)CSCC(=O)Nc1cccc(Br)c1. The molecule has 0 heterocycles. The molecule has 0 radical (unpaired) electrons. The van der Waals surface area contributed by atoms with Gasteiger partial charge in [0.1, 0.15) is 0 Å². The van der Waals surface area contributed by atoms with Crippen LogP contribution in [-0.2, 0) is 16.1 Å². The quantitative estimate of drug-likeness (QED) is 0.760. The summed E-state index contributed by atoms with van der Waals surface area (Å²) in [6.07, 6.45) is 0. The van der Waals surface area contributed by atoms with Crippen LogP contribution in [0.15, 0.2) is 59.1 Å². The summed E-state index contributed by atoms with van der Waals surface area (Å²) in [5.41, 5.74) is 1.83. The molecular weight excluding hydrogens is 388 g/mol. The Morgan fingerprint density at radius 1 is 1.08 bits per heavy atom. The molecule has 0 aliphatic heterocycles. The van der Waals surface area contributed by atoms with E-state index in [-0.39, 0.29) is 23.3 Å². The number of halogens is 1. The van der Waals surface area contributed by atoms with Crippen molar-refractivity contribution >= 4 is 45.2 Å². The molecule has 0 aliphatic rings. The van der Waals surface area contributed by atoms with E-state index in [1.165, 1.54) is 11.8 Å². The lowest BCUT2D eigenvalue weighted by atomic mass is 10.2. The first-order valence-corrected chi connectivity index (χ1v) is 9.40. The molecule has 0 saturated heterocycles. The molecule has 0 aliphatic carbocycles. The Hall–Kier alpha value is -1.79. The average molecular weight is 407 g/mol. The van der Waals surface area contributed by atoms with Crippen LogP contribution >= 0.6 is 27.7 Å². The van der Waals surface area contributed by atoms with Gasteiger partial charge < -0.3 is 10.2 Å². The van der Waals surface area contributed by atoms with E-state index < -0.39 is 0 Å². The third-order valence-electron chi connectivity index (χ3n) is 3.26. The topological polar surface area (TPSA) is 49.4 Å². The van der Waals surface area contributed by atoms with Gasteiger partial charge in [0.05, 0.1) is 11.5 Å². The minimum Gasteiger partial charge on any atom is -0.341 e. The molecule has 2 rings (SSSR count). The molecule has 0 bridgehead atoms. The van der Waals surface area contributed by atoms with Crippen LogP contribution in [0.2, 0.25) is 0 Å². The molecule has 0 unspecified atom stereocenters. The van der Waals surface area contributed by atoms with E-state index in [0.29, 0.717) is 6.54 Å². The number of nitrogens with one attached hydrogen (secondary N) is 1. The molecule has 0 saturated carbocycles. The van der Waals surface area contributed by atoms with E-state index in [2.05, 4.69) is 21.2 Å². The number of hydrogen-bond donors (Lipinski definition) is 1. The fraction of sp³-hybridized carbons (Fsp3) is 0.222. The van der Waals surface area contributed by atoms with Gasteiger partial charge in [0.2, 0.25) is 11.8 Å². The Balaban J connectivity index is 1.71. The Labute approximate surface area is 154 Å². The molecule has 2 aromatic carbocycles. The molecule has 0 aromatic heterocycles. The molecule has 2 amide bonds. The van der Waals surface area contributed by atoms with Gasteiger partial charge in [-0.2, -0.15) is 0 Å². The first-order valence-electron chi connectivity index (χ1n) is 7.45. The molecule has 0 spiro atoms. The summed E-state index contributed by atoms with van der Waals surface area (Å²) in [6, 6.07) is 17.2. The standard InChI is InChI=1S/C18H19BrN2O2S/c1-21(11-14-6-3-2-4-7-14)18(23)13-24-12-17(22)20-16-9-5-8-15(19)10-16/h2-10H,11-13H2,1H3,(H,20,22). The van der Waals surface area contributed by atoms with Crippen molar-refractivity contribution in [2.45, 2.75) is 6.54 Å². The minimum absolute atomic E-state index is 0.0131. The van der Waals surface area contributed by atoms with Gasteiger partial charge in [-0.1, -0.05) is 52.3 Å². The highest BCUT2D eigenvalue weighted by molar-refractivity contribution is 9.10. The van der Waals surface area contributed by atoms with Crippen molar-refractivity contribution in [2.24, 2.45) is 0 Å². The molecule has 1 N–H and O–H groups in total. The van der Waals surface area contributed by atoms with E-state index in [4.69, 9.17) is 0 Å². The van der Waals surface area contributed by atoms with Gasteiger partial charge in [-0.05, 0) is 23.8 Å². The highest BCUT2D eigenvalue weighted by Crippen LogP contribution is 2.16. The van der Waals surface area contributed by atoms with Crippen LogP contribution in [0.5, 0.6) is 0 Å². The average Bonchev–Trinajstić information content (AvgIpc) is 2.55. The Morgan fingerprint density at radius 3 is 2.54 bits per heavy atom. The van der Waals surface area contributed by atoms with E-state index in [1.807, 2.05) is 54.6 Å². The zero-order chi connectivity index (χ0) is 17.4. The maximum Gasteiger partial charge on any atom is 0.234 e. The number of amides is 2. The molecule has 0 fully saturated rings. The van der Waals surface area contributed by atoms with Gasteiger partial charge in [0.25, 0.3) is 0 Å². The summed E-state index contributed by atoms with van der Waals surface area (Å²) in [4.78, 5) is 25.7. The van der Waals surface area contributed by atoms with E-state index in [0.717, 1.165) is 15.7 Å². The lowest BCUT2D eigenvalue weighted by Gasteiger charge is -2.17. The number of nitrogens with zero attached hydrogens (tertiary/aromatic N) is 1. The van der Waals surface area contributed by atoms with Gasteiger partial charge in [-0.25, -0.2) is 0 Å². The molecule has 4 nitrogen and oxygen atoms in total. The summed E-state index contributed by atoms with van der Waals surface area (Å²) >= 11 is 4.68. The van der Waals surface area contributed by atoms with Crippen LogP contribution in [0.25, 0.3) is 0 Å². The molecule has 0 atom stereocenters. The summed E-state index contributed by atoms with van der Waals surface area (Å²) in [6.45, 7) is 0.574. The van der Waals surface area contributed by atoms with Gasteiger partial charge in [0.15, 0.2) is 0 Å². The predicted octanol–water partition coefficient (Wildman–Crippen LogP) is 3.78. The van der Waals surface area contributed by atoms with Gasteiger partial charge in [-0.3, -0.25) is 9.59 Å². The first-order chi connectivity index (χ1) is 11.5. The molecule has 24 heavy (non-hydrogen) atoms. The number of anilines is 1. The second kappa shape index (κ2) is 9.49. The molecule has 6 heteroatoms. The van der Waals surface area contributed by atoms with Gasteiger partial charge >= 0.3 is 0 Å². The van der Waals surface area contributed by atoms with Crippen LogP contribution in [0.3, 0.4) is 0 Å². The number of carbonyl (C=O) groups is 2. The zero-order valence-corrected chi connectivity index (χ0v) is 15.8. The smallest absolute Gasteiger partial charge is 0.234 e. The van der Waals surface area contributed by atoms with Crippen LogP contribution in [-0.4, -0.2) is 35.3 Å². The maximum atomic E-state index is 12.1. The van der Waals surface area contributed by atoms with Gasteiger partial charge in [-0.15, -0.1) is 11.8 Å². The Bertz CT molecular complexity index is 694. The summed E-state index contributed by atoms with van der Waals surface area (Å²) in [5, 5.41) is 2.81. The van der Waals surface area contributed by atoms with E-state index in [1.54, 1.807) is 11.9 Å². The third kappa shape index (κ3) is 6.37. The van der Waals surface area contributed by atoms with Crippen molar-refractivity contribution in [1.29, 1.82) is 0 Å². The molecular formula is C18H19BrN2O2S. The normalized spacial score (nSPS) is 10.2. The zero-order valence-electron chi connectivity index (χ0n) is 13.4. The van der Waals surface area contributed by atoms with E-state index >= 15 is 0 Å². The van der Waals surface area contributed by atoms with Crippen molar-refractivity contribution in [3.63, 3.8) is 0 Å². The highest BCUT2D eigenvalue weighted by atomic mass is 79.9. The van der Waals surface area contributed by atoms with Crippen LogP contribution < -0.4 is 5.32 Å². The van der Waals surface area contributed by atoms with Crippen molar-refractivity contribution in [3.05, 3.63) is 64.6 Å².